The Kier molecular flexibility index (Phi) is 3.85. The Hall–Kier alpha value is -1.16. The molecule has 1 aliphatic rings. The third-order valence-corrected chi connectivity index (χ3v) is 3.58. The summed E-state index contributed by atoms with van der Waals surface area (Å²) in [4.78, 5) is 0. The highest BCUT2D eigenvalue weighted by atomic mass is 19.1. The van der Waals surface area contributed by atoms with E-state index in [1.165, 1.54) is 12.1 Å². The molecule has 4 heteroatoms. The first-order valence-electron chi connectivity index (χ1n) is 6.37. The summed E-state index contributed by atoms with van der Waals surface area (Å²) in [5.41, 5.74) is 0.361. The summed E-state index contributed by atoms with van der Waals surface area (Å²) in [5, 5.41) is 3.19. The zero-order valence-electron chi connectivity index (χ0n) is 10.8. The maximum Gasteiger partial charge on any atom is 0.128 e. The van der Waals surface area contributed by atoms with Gasteiger partial charge in [-0.1, -0.05) is 6.92 Å². The lowest BCUT2D eigenvalue weighted by Crippen LogP contribution is -2.41. The van der Waals surface area contributed by atoms with E-state index in [1.54, 1.807) is 0 Å². The number of anilines is 1. The molecule has 18 heavy (non-hydrogen) atoms. The Labute approximate surface area is 106 Å². The summed E-state index contributed by atoms with van der Waals surface area (Å²) >= 11 is 0. The average molecular weight is 255 g/mol. The van der Waals surface area contributed by atoms with Gasteiger partial charge >= 0.3 is 0 Å². The van der Waals surface area contributed by atoms with Crippen LogP contribution in [-0.2, 0) is 4.74 Å². The molecule has 0 aromatic heterocycles. The predicted molar refractivity (Wildman–Crippen MR) is 67.7 cm³/mol. The Bertz CT molecular complexity index is 404. The van der Waals surface area contributed by atoms with Gasteiger partial charge in [0.05, 0.1) is 5.60 Å². The fourth-order valence-electron chi connectivity index (χ4n) is 2.37. The maximum absolute atomic E-state index is 13.1. The zero-order valence-corrected chi connectivity index (χ0v) is 10.8. The molecular weight excluding hydrogens is 236 g/mol. The largest absolute Gasteiger partial charge is 0.382 e. The van der Waals surface area contributed by atoms with E-state index in [0.717, 1.165) is 25.3 Å². The third-order valence-electron chi connectivity index (χ3n) is 3.58. The Morgan fingerprint density at radius 2 is 2.00 bits per heavy atom. The minimum atomic E-state index is -0.553. The van der Waals surface area contributed by atoms with Crippen LogP contribution in [0, 0.1) is 11.6 Å². The van der Waals surface area contributed by atoms with E-state index in [0.29, 0.717) is 12.3 Å². The summed E-state index contributed by atoms with van der Waals surface area (Å²) < 4.78 is 31.9. The first-order chi connectivity index (χ1) is 8.50. The van der Waals surface area contributed by atoms with Gasteiger partial charge in [-0.2, -0.15) is 0 Å². The minimum Gasteiger partial charge on any atom is -0.382 e. The first-order valence-corrected chi connectivity index (χ1v) is 6.37. The molecule has 1 fully saturated rings. The van der Waals surface area contributed by atoms with Crippen LogP contribution in [-0.4, -0.2) is 18.2 Å². The summed E-state index contributed by atoms with van der Waals surface area (Å²) in [5.74, 6) is -1.11. The Morgan fingerprint density at radius 3 is 2.61 bits per heavy atom. The lowest BCUT2D eigenvalue weighted by atomic mass is 9.90. The van der Waals surface area contributed by atoms with Crippen molar-refractivity contribution in [2.24, 2.45) is 0 Å². The normalized spacial score (nSPS) is 28.1. The van der Waals surface area contributed by atoms with Gasteiger partial charge in [0, 0.05) is 24.4 Å². The van der Waals surface area contributed by atoms with Crippen LogP contribution in [0.3, 0.4) is 0 Å². The topological polar surface area (TPSA) is 21.3 Å². The SMILES string of the molecule is CCC1(C)CC(Nc2cc(F)cc(F)c2)CCO1. The number of rotatable bonds is 3. The third kappa shape index (κ3) is 3.19. The number of hydrogen-bond acceptors (Lipinski definition) is 2. The summed E-state index contributed by atoms with van der Waals surface area (Å²) in [7, 11) is 0. The quantitative estimate of drug-likeness (QED) is 0.888. The second-order valence-corrected chi connectivity index (χ2v) is 5.14. The van der Waals surface area contributed by atoms with Crippen LogP contribution in [0.5, 0.6) is 0 Å². The van der Waals surface area contributed by atoms with Crippen molar-refractivity contribution in [2.75, 3.05) is 11.9 Å². The van der Waals surface area contributed by atoms with Gasteiger partial charge < -0.3 is 10.1 Å². The monoisotopic (exact) mass is 255 g/mol. The second kappa shape index (κ2) is 5.22. The molecule has 100 valence electrons. The van der Waals surface area contributed by atoms with Crippen LogP contribution in [0.4, 0.5) is 14.5 Å². The van der Waals surface area contributed by atoms with Crippen LogP contribution < -0.4 is 5.32 Å². The molecule has 0 bridgehead atoms. The van der Waals surface area contributed by atoms with Gasteiger partial charge in [0.25, 0.3) is 0 Å². The van der Waals surface area contributed by atoms with Crippen molar-refractivity contribution < 1.29 is 13.5 Å². The maximum atomic E-state index is 13.1. The second-order valence-electron chi connectivity index (χ2n) is 5.14. The fourth-order valence-corrected chi connectivity index (χ4v) is 2.37. The lowest BCUT2D eigenvalue weighted by Gasteiger charge is -2.38. The number of hydrogen-bond donors (Lipinski definition) is 1. The molecule has 1 heterocycles. The molecule has 1 saturated heterocycles. The molecule has 2 unspecified atom stereocenters. The smallest absolute Gasteiger partial charge is 0.128 e. The van der Waals surface area contributed by atoms with Crippen molar-refractivity contribution >= 4 is 5.69 Å². The summed E-state index contributed by atoms with van der Waals surface area (Å²) in [6, 6.07) is 3.72. The highest BCUT2D eigenvalue weighted by molar-refractivity contribution is 5.44. The molecule has 1 aromatic carbocycles. The van der Waals surface area contributed by atoms with Crippen molar-refractivity contribution in [3.8, 4) is 0 Å². The van der Waals surface area contributed by atoms with E-state index < -0.39 is 11.6 Å². The molecule has 2 rings (SSSR count). The van der Waals surface area contributed by atoms with Gasteiger partial charge in [-0.05, 0) is 38.3 Å². The zero-order chi connectivity index (χ0) is 13.2. The van der Waals surface area contributed by atoms with Crippen molar-refractivity contribution in [1.82, 2.24) is 0 Å². The van der Waals surface area contributed by atoms with Crippen LogP contribution in [0.15, 0.2) is 18.2 Å². The van der Waals surface area contributed by atoms with Crippen molar-refractivity contribution in [3.05, 3.63) is 29.8 Å². The molecular formula is C14H19F2NO. The number of benzene rings is 1. The van der Waals surface area contributed by atoms with Crippen LogP contribution >= 0.6 is 0 Å². The van der Waals surface area contributed by atoms with Gasteiger partial charge in [0.15, 0.2) is 0 Å². The van der Waals surface area contributed by atoms with E-state index in [1.807, 2.05) is 0 Å². The number of nitrogens with one attached hydrogen (secondary N) is 1. The Morgan fingerprint density at radius 1 is 1.33 bits per heavy atom. The molecule has 1 aliphatic heterocycles. The van der Waals surface area contributed by atoms with Gasteiger partial charge in [-0.3, -0.25) is 0 Å². The van der Waals surface area contributed by atoms with E-state index in [4.69, 9.17) is 4.74 Å². The molecule has 2 atom stereocenters. The molecule has 0 saturated carbocycles. The molecule has 2 nitrogen and oxygen atoms in total. The lowest BCUT2D eigenvalue weighted by molar-refractivity contribution is -0.0708. The van der Waals surface area contributed by atoms with Crippen LogP contribution in [0.1, 0.15) is 33.1 Å². The number of ether oxygens (including phenoxy) is 1. The summed E-state index contributed by atoms with van der Waals surface area (Å²) in [6.07, 6.45) is 2.64. The Balaban J connectivity index is 2.04. The van der Waals surface area contributed by atoms with E-state index >= 15 is 0 Å². The average Bonchev–Trinajstić information content (AvgIpc) is 2.27. The minimum absolute atomic E-state index is 0.137. The molecule has 1 aromatic rings. The highest BCUT2D eigenvalue weighted by Crippen LogP contribution is 2.29. The van der Waals surface area contributed by atoms with E-state index in [-0.39, 0.29) is 11.6 Å². The molecule has 0 amide bonds. The van der Waals surface area contributed by atoms with Gasteiger partial charge in [0.1, 0.15) is 11.6 Å². The van der Waals surface area contributed by atoms with Gasteiger partial charge in [-0.15, -0.1) is 0 Å². The first kappa shape index (κ1) is 13.3. The van der Waals surface area contributed by atoms with Crippen LogP contribution in [0.2, 0.25) is 0 Å². The van der Waals surface area contributed by atoms with E-state index in [2.05, 4.69) is 19.2 Å². The van der Waals surface area contributed by atoms with Gasteiger partial charge in [0.2, 0.25) is 0 Å². The van der Waals surface area contributed by atoms with Crippen LogP contribution in [0.25, 0.3) is 0 Å². The van der Waals surface area contributed by atoms with Crippen molar-refractivity contribution in [1.29, 1.82) is 0 Å². The van der Waals surface area contributed by atoms with Crippen molar-refractivity contribution in [2.45, 2.75) is 44.8 Å². The van der Waals surface area contributed by atoms with Crippen molar-refractivity contribution in [3.63, 3.8) is 0 Å². The molecule has 0 spiro atoms. The molecule has 0 radical (unpaired) electrons. The predicted octanol–water partition coefficient (Wildman–Crippen LogP) is 3.72. The van der Waals surface area contributed by atoms with Gasteiger partial charge in [-0.25, -0.2) is 8.78 Å². The highest BCUT2D eigenvalue weighted by Gasteiger charge is 2.31. The molecule has 0 aliphatic carbocycles. The molecule has 1 N–H and O–H groups in total. The summed E-state index contributed by atoms with van der Waals surface area (Å²) in [6.45, 7) is 4.84. The standard InChI is InChI=1S/C14H19F2NO/c1-3-14(2)9-12(4-5-18-14)17-13-7-10(15)6-11(16)8-13/h6-8,12,17H,3-5,9H2,1-2H3. The van der Waals surface area contributed by atoms with E-state index in [9.17, 15) is 8.78 Å². The number of halogens is 2. The fraction of sp³-hybridized carbons (Fsp3) is 0.571.